The number of nitrogens with one attached hydrogen (secondary N) is 2. The number of carbonyl (C=O) groups is 1. The highest BCUT2D eigenvalue weighted by molar-refractivity contribution is 7.89. The number of ether oxygens (including phenoxy) is 1. The average Bonchev–Trinajstić information content (AvgIpc) is 2.62. The number of anilines is 1. The lowest BCUT2D eigenvalue weighted by atomic mass is 10.1. The van der Waals surface area contributed by atoms with Crippen LogP contribution < -0.4 is 10.6 Å². The summed E-state index contributed by atoms with van der Waals surface area (Å²) in [7, 11) is -3.31. The van der Waals surface area contributed by atoms with Gasteiger partial charge in [0.25, 0.3) is 0 Å². The van der Waals surface area contributed by atoms with Crippen LogP contribution in [0.3, 0.4) is 0 Å². The van der Waals surface area contributed by atoms with Gasteiger partial charge in [-0.15, -0.1) is 0 Å². The Labute approximate surface area is 159 Å². The summed E-state index contributed by atoms with van der Waals surface area (Å²) < 4.78 is 30.5. The number of hydrogen-bond donors (Lipinski definition) is 2. The number of carbonyl (C=O) groups excluding carboxylic acids is 1. The summed E-state index contributed by atoms with van der Waals surface area (Å²) in [6.07, 6.45) is -0.215. The molecule has 0 saturated carbocycles. The van der Waals surface area contributed by atoms with Crippen LogP contribution in [-0.2, 0) is 30.9 Å². The molecule has 1 aliphatic rings. The standard InChI is InChI=1S/C20H24N2O4S/c1-15-19(21-10-11-26-15)20(23)22-18-9-5-8-17(12-18)14-27(24,25)13-16-6-3-2-4-7-16/h2-9,12,15,19,21H,10-11,13-14H2,1H3,(H,22,23)/t15-,19+/m1/s1. The fourth-order valence-electron chi connectivity index (χ4n) is 3.12. The Morgan fingerprint density at radius 3 is 2.56 bits per heavy atom. The van der Waals surface area contributed by atoms with Crippen LogP contribution in [0.15, 0.2) is 54.6 Å². The molecule has 1 heterocycles. The first-order chi connectivity index (χ1) is 12.9. The van der Waals surface area contributed by atoms with Crippen molar-refractivity contribution in [3.8, 4) is 0 Å². The minimum atomic E-state index is -3.31. The highest BCUT2D eigenvalue weighted by atomic mass is 32.2. The van der Waals surface area contributed by atoms with E-state index in [4.69, 9.17) is 4.74 Å². The molecule has 144 valence electrons. The summed E-state index contributed by atoms with van der Waals surface area (Å²) in [5.41, 5.74) is 1.98. The van der Waals surface area contributed by atoms with Crippen LogP contribution in [0.4, 0.5) is 5.69 Å². The first kappa shape index (κ1) is 19.5. The Morgan fingerprint density at radius 2 is 1.81 bits per heavy atom. The van der Waals surface area contributed by atoms with Crippen molar-refractivity contribution in [2.75, 3.05) is 18.5 Å². The van der Waals surface area contributed by atoms with Crippen LogP contribution in [0.1, 0.15) is 18.1 Å². The van der Waals surface area contributed by atoms with Crippen molar-refractivity contribution in [2.45, 2.75) is 30.6 Å². The molecule has 3 rings (SSSR count). The maximum absolute atomic E-state index is 12.5. The molecule has 2 aromatic rings. The Hall–Kier alpha value is -2.22. The van der Waals surface area contributed by atoms with Gasteiger partial charge in [0.15, 0.2) is 9.84 Å². The van der Waals surface area contributed by atoms with E-state index in [9.17, 15) is 13.2 Å². The number of morpholine rings is 1. The van der Waals surface area contributed by atoms with Crippen LogP contribution in [0.25, 0.3) is 0 Å². The van der Waals surface area contributed by atoms with E-state index >= 15 is 0 Å². The Bertz CT molecular complexity index is 884. The molecule has 2 aromatic carbocycles. The van der Waals surface area contributed by atoms with E-state index in [1.54, 1.807) is 36.4 Å². The van der Waals surface area contributed by atoms with Gasteiger partial charge in [-0.05, 0) is 30.2 Å². The molecule has 0 spiro atoms. The first-order valence-electron chi connectivity index (χ1n) is 8.92. The van der Waals surface area contributed by atoms with Crippen LogP contribution >= 0.6 is 0 Å². The topological polar surface area (TPSA) is 84.5 Å². The fraction of sp³-hybridized carbons (Fsp3) is 0.350. The lowest BCUT2D eigenvalue weighted by molar-refractivity contribution is -0.123. The molecule has 27 heavy (non-hydrogen) atoms. The highest BCUT2D eigenvalue weighted by Gasteiger charge is 2.28. The lowest BCUT2D eigenvalue weighted by Gasteiger charge is -2.29. The summed E-state index contributed by atoms with van der Waals surface area (Å²) in [5.74, 6) is -0.274. The molecular formula is C20H24N2O4S. The number of hydrogen-bond acceptors (Lipinski definition) is 5. The summed E-state index contributed by atoms with van der Waals surface area (Å²) in [6.45, 7) is 3.06. The normalized spacial score (nSPS) is 20.2. The smallest absolute Gasteiger partial charge is 0.244 e. The number of amides is 1. The molecule has 1 fully saturated rings. The van der Waals surface area contributed by atoms with Crippen molar-refractivity contribution in [3.63, 3.8) is 0 Å². The molecule has 2 N–H and O–H groups in total. The second-order valence-corrected chi connectivity index (χ2v) is 8.78. The van der Waals surface area contributed by atoms with Crippen LogP contribution in [0, 0.1) is 0 Å². The molecule has 6 nitrogen and oxygen atoms in total. The van der Waals surface area contributed by atoms with Gasteiger partial charge in [0, 0.05) is 12.2 Å². The zero-order valence-corrected chi connectivity index (χ0v) is 16.0. The average molecular weight is 388 g/mol. The highest BCUT2D eigenvalue weighted by Crippen LogP contribution is 2.17. The molecule has 0 aliphatic carbocycles. The predicted molar refractivity (Wildman–Crippen MR) is 105 cm³/mol. The monoisotopic (exact) mass is 388 g/mol. The molecule has 1 amide bonds. The van der Waals surface area contributed by atoms with Gasteiger partial charge in [0.05, 0.1) is 24.2 Å². The number of rotatable bonds is 6. The van der Waals surface area contributed by atoms with Gasteiger partial charge in [-0.1, -0.05) is 42.5 Å². The predicted octanol–water partition coefficient (Wildman–Crippen LogP) is 2.12. The largest absolute Gasteiger partial charge is 0.375 e. The van der Waals surface area contributed by atoms with Crippen molar-refractivity contribution in [3.05, 3.63) is 65.7 Å². The zero-order chi connectivity index (χ0) is 19.3. The van der Waals surface area contributed by atoms with E-state index in [-0.39, 0.29) is 23.5 Å². The fourth-order valence-corrected chi connectivity index (χ4v) is 4.61. The molecule has 0 aromatic heterocycles. The van der Waals surface area contributed by atoms with Gasteiger partial charge < -0.3 is 15.4 Å². The van der Waals surface area contributed by atoms with E-state index in [1.807, 2.05) is 25.1 Å². The van der Waals surface area contributed by atoms with E-state index in [1.165, 1.54) is 0 Å². The molecule has 1 aliphatic heterocycles. The quantitative estimate of drug-likeness (QED) is 0.792. The summed E-state index contributed by atoms with van der Waals surface area (Å²) >= 11 is 0. The number of sulfone groups is 1. The second-order valence-electron chi connectivity index (χ2n) is 6.72. The Kier molecular flexibility index (Phi) is 6.26. The van der Waals surface area contributed by atoms with E-state index in [0.717, 1.165) is 5.56 Å². The first-order valence-corrected chi connectivity index (χ1v) is 10.7. The van der Waals surface area contributed by atoms with Gasteiger partial charge in [0.2, 0.25) is 5.91 Å². The molecule has 0 radical (unpaired) electrons. The maximum Gasteiger partial charge on any atom is 0.244 e. The molecular weight excluding hydrogens is 364 g/mol. The maximum atomic E-state index is 12.5. The van der Waals surface area contributed by atoms with Crippen LogP contribution in [-0.4, -0.2) is 39.6 Å². The second kappa shape index (κ2) is 8.65. The summed E-state index contributed by atoms with van der Waals surface area (Å²) in [5, 5.41) is 5.98. The molecule has 0 unspecified atom stereocenters. The van der Waals surface area contributed by atoms with Crippen LogP contribution in [0.5, 0.6) is 0 Å². The van der Waals surface area contributed by atoms with Crippen molar-refractivity contribution in [1.82, 2.24) is 5.32 Å². The van der Waals surface area contributed by atoms with Crippen molar-refractivity contribution >= 4 is 21.4 Å². The van der Waals surface area contributed by atoms with Gasteiger partial charge >= 0.3 is 0 Å². The van der Waals surface area contributed by atoms with Crippen molar-refractivity contribution in [1.29, 1.82) is 0 Å². The minimum absolute atomic E-state index is 0.00866. The minimum Gasteiger partial charge on any atom is -0.375 e. The third-order valence-corrected chi connectivity index (χ3v) is 5.96. The van der Waals surface area contributed by atoms with E-state index in [2.05, 4.69) is 10.6 Å². The third kappa shape index (κ3) is 5.63. The molecule has 1 saturated heterocycles. The van der Waals surface area contributed by atoms with Gasteiger partial charge in [-0.25, -0.2) is 8.42 Å². The van der Waals surface area contributed by atoms with E-state index < -0.39 is 15.9 Å². The SMILES string of the molecule is C[C@H]1OCCN[C@@H]1C(=O)Nc1cccc(CS(=O)(=O)Cc2ccccc2)c1. The molecule has 2 atom stereocenters. The van der Waals surface area contributed by atoms with Crippen molar-refractivity contribution in [2.24, 2.45) is 0 Å². The van der Waals surface area contributed by atoms with Gasteiger partial charge in [-0.3, -0.25) is 4.79 Å². The Morgan fingerprint density at radius 1 is 1.11 bits per heavy atom. The summed E-state index contributed by atoms with van der Waals surface area (Å²) in [6, 6.07) is 15.6. The molecule has 7 heteroatoms. The number of benzene rings is 2. The third-order valence-electron chi connectivity index (χ3n) is 4.41. The van der Waals surface area contributed by atoms with Crippen LogP contribution in [0.2, 0.25) is 0 Å². The molecule has 0 bridgehead atoms. The van der Waals surface area contributed by atoms with Crippen molar-refractivity contribution < 1.29 is 17.9 Å². The zero-order valence-electron chi connectivity index (χ0n) is 15.2. The van der Waals surface area contributed by atoms with Gasteiger partial charge in [-0.2, -0.15) is 0 Å². The lowest BCUT2D eigenvalue weighted by Crippen LogP contribution is -2.53. The van der Waals surface area contributed by atoms with Gasteiger partial charge in [0.1, 0.15) is 6.04 Å². The van der Waals surface area contributed by atoms with E-state index in [0.29, 0.717) is 24.4 Å². The Balaban J connectivity index is 1.65. The summed E-state index contributed by atoms with van der Waals surface area (Å²) in [4.78, 5) is 12.4.